The molecule has 1 aliphatic heterocycles. The second-order valence-corrected chi connectivity index (χ2v) is 5.21. The van der Waals surface area contributed by atoms with Crippen LogP contribution in [0, 0.1) is 0 Å². The Morgan fingerprint density at radius 2 is 2.47 bits per heavy atom. The molecule has 0 radical (unpaired) electrons. The van der Waals surface area contributed by atoms with Crippen LogP contribution in [0.5, 0.6) is 5.75 Å². The van der Waals surface area contributed by atoms with Crippen molar-refractivity contribution in [3.8, 4) is 5.75 Å². The zero-order valence-corrected chi connectivity index (χ0v) is 10.8. The molecule has 1 fully saturated rings. The molecule has 0 bridgehead atoms. The van der Waals surface area contributed by atoms with Crippen molar-refractivity contribution in [2.24, 2.45) is 0 Å². The van der Waals surface area contributed by atoms with Crippen LogP contribution >= 0.6 is 11.3 Å². The van der Waals surface area contributed by atoms with Gasteiger partial charge in [0.1, 0.15) is 12.4 Å². The van der Waals surface area contributed by atoms with E-state index in [2.05, 4.69) is 0 Å². The van der Waals surface area contributed by atoms with Crippen LogP contribution in [0.25, 0.3) is 0 Å². The second-order valence-electron chi connectivity index (χ2n) is 4.30. The smallest absolute Gasteiger partial charge is 0.352 e. The summed E-state index contributed by atoms with van der Waals surface area (Å²) in [7, 11) is 1.54. The van der Waals surface area contributed by atoms with Gasteiger partial charge in [0.05, 0.1) is 12.7 Å². The number of carbonyl (C=O) groups excluding carboxylic acids is 1. The minimum absolute atomic E-state index is 0.298. The third-order valence-corrected chi connectivity index (χ3v) is 3.72. The molecule has 2 rings (SSSR count). The van der Waals surface area contributed by atoms with Crippen molar-refractivity contribution in [3.63, 3.8) is 0 Å². The number of rotatable bonds is 4. The minimum atomic E-state index is -0.339. The highest BCUT2D eigenvalue weighted by Gasteiger charge is 2.32. The van der Waals surface area contributed by atoms with Crippen molar-refractivity contribution in [2.75, 3.05) is 20.3 Å². The van der Waals surface area contributed by atoms with Gasteiger partial charge in [-0.3, -0.25) is 0 Å². The summed E-state index contributed by atoms with van der Waals surface area (Å²) in [5, 5.41) is 1.81. The highest BCUT2D eigenvalue weighted by atomic mass is 32.1. The van der Waals surface area contributed by atoms with Gasteiger partial charge in [0.15, 0.2) is 4.88 Å². The third-order valence-electron chi connectivity index (χ3n) is 2.84. The molecule has 94 valence electrons. The Balaban J connectivity index is 1.93. The van der Waals surface area contributed by atoms with E-state index in [0.29, 0.717) is 17.2 Å². The molecule has 17 heavy (non-hydrogen) atoms. The van der Waals surface area contributed by atoms with Gasteiger partial charge < -0.3 is 14.2 Å². The van der Waals surface area contributed by atoms with E-state index in [0.717, 1.165) is 19.4 Å². The molecule has 1 aliphatic rings. The summed E-state index contributed by atoms with van der Waals surface area (Å²) in [4.78, 5) is 12.3. The van der Waals surface area contributed by atoms with Crippen LogP contribution in [0.4, 0.5) is 0 Å². The van der Waals surface area contributed by atoms with Crippen LogP contribution < -0.4 is 4.74 Å². The molecule has 4 nitrogen and oxygen atoms in total. The lowest BCUT2D eigenvalue weighted by Crippen LogP contribution is -2.31. The van der Waals surface area contributed by atoms with Gasteiger partial charge in [-0.2, -0.15) is 0 Å². The molecular weight excluding hydrogens is 240 g/mol. The molecule has 2 heterocycles. The van der Waals surface area contributed by atoms with E-state index in [-0.39, 0.29) is 11.6 Å². The maximum atomic E-state index is 11.8. The first kappa shape index (κ1) is 12.4. The van der Waals surface area contributed by atoms with Crippen LogP contribution in [0.15, 0.2) is 11.4 Å². The zero-order chi connectivity index (χ0) is 12.3. The van der Waals surface area contributed by atoms with Gasteiger partial charge in [0, 0.05) is 6.61 Å². The largest absolute Gasteiger partial charge is 0.495 e. The SMILES string of the molecule is COc1ccsc1C(=O)OC[C@@]1(C)CCCO1. The fourth-order valence-electron chi connectivity index (χ4n) is 1.84. The van der Waals surface area contributed by atoms with E-state index in [1.807, 2.05) is 12.3 Å². The second kappa shape index (κ2) is 5.06. The molecule has 0 spiro atoms. The summed E-state index contributed by atoms with van der Waals surface area (Å²) in [5.41, 5.74) is -0.319. The third kappa shape index (κ3) is 2.79. The molecule has 1 aromatic heterocycles. The molecular formula is C12H16O4S. The molecule has 0 saturated carbocycles. The number of ether oxygens (including phenoxy) is 3. The van der Waals surface area contributed by atoms with Crippen LogP contribution in [-0.2, 0) is 9.47 Å². The number of hydrogen-bond acceptors (Lipinski definition) is 5. The summed E-state index contributed by atoms with van der Waals surface area (Å²) in [6, 6.07) is 1.76. The van der Waals surface area contributed by atoms with Gasteiger partial charge in [-0.25, -0.2) is 4.79 Å². The molecule has 0 aliphatic carbocycles. The van der Waals surface area contributed by atoms with E-state index in [1.54, 1.807) is 13.2 Å². The standard InChI is InChI=1S/C12H16O4S/c1-12(5-3-6-16-12)8-15-11(13)10-9(14-2)4-7-17-10/h4,7H,3,5-6,8H2,1-2H3/t12-/m1/s1. The Bertz CT molecular complexity index is 393. The Morgan fingerprint density at radius 1 is 1.65 bits per heavy atom. The quantitative estimate of drug-likeness (QED) is 0.776. The van der Waals surface area contributed by atoms with E-state index >= 15 is 0 Å². The monoisotopic (exact) mass is 256 g/mol. The van der Waals surface area contributed by atoms with Crippen molar-refractivity contribution in [3.05, 3.63) is 16.3 Å². The van der Waals surface area contributed by atoms with Crippen LogP contribution in [0.3, 0.4) is 0 Å². The molecule has 1 atom stereocenters. The summed E-state index contributed by atoms with van der Waals surface area (Å²) < 4.78 is 15.9. The lowest BCUT2D eigenvalue weighted by atomic mass is 10.0. The maximum absolute atomic E-state index is 11.8. The van der Waals surface area contributed by atoms with Crippen molar-refractivity contribution >= 4 is 17.3 Å². The zero-order valence-electron chi connectivity index (χ0n) is 10.0. The fourth-order valence-corrected chi connectivity index (χ4v) is 2.59. The lowest BCUT2D eigenvalue weighted by molar-refractivity contribution is -0.0377. The lowest BCUT2D eigenvalue weighted by Gasteiger charge is -2.22. The first-order valence-corrected chi connectivity index (χ1v) is 6.45. The Labute approximate surface area is 104 Å². The number of thiophene rings is 1. The summed E-state index contributed by atoms with van der Waals surface area (Å²) in [6.45, 7) is 3.02. The first-order valence-electron chi connectivity index (χ1n) is 5.57. The summed E-state index contributed by atoms with van der Waals surface area (Å²) in [6.07, 6.45) is 1.96. The van der Waals surface area contributed by atoms with E-state index in [1.165, 1.54) is 11.3 Å². The van der Waals surface area contributed by atoms with Gasteiger partial charge >= 0.3 is 5.97 Å². The predicted molar refractivity (Wildman–Crippen MR) is 64.7 cm³/mol. The van der Waals surface area contributed by atoms with Crippen molar-refractivity contribution in [1.82, 2.24) is 0 Å². The predicted octanol–water partition coefficient (Wildman–Crippen LogP) is 2.48. The maximum Gasteiger partial charge on any atom is 0.352 e. The Kier molecular flexibility index (Phi) is 3.69. The summed E-state index contributed by atoms with van der Waals surface area (Å²) in [5.74, 6) is 0.228. The van der Waals surface area contributed by atoms with E-state index in [4.69, 9.17) is 14.2 Å². The number of hydrogen-bond donors (Lipinski definition) is 0. The van der Waals surface area contributed by atoms with E-state index in [9.17, 15) is 4.79 Å². The van der Waals surface area contributed by atoms with Crippen molar-refractivity contribution in [2.45, 2.75) is 25.4 Å². The van der Waals surface area contributed by atoms with Crippen LogP contribution in [-0.4, -0.2) is 31.9 Å². The van der Waals surface area contributed by atoms with Crippen LogP contribution in [0.2, 0.25) is 0 Å². The molecule has 0 amide bonds. The molecule has 0 aromatic carbocycles. The Hall–Kier alpha value is -1.07. The van der Waals surface area contributed by atoms with Gasteiger partial charge in [-0.05, 0) is 31.2 Å². The first-order chi connectivity index (χ1) is 8.14. The van der Waals surface area contributed by atoms with Gasteiger partial charge in [0.25, 0.3) is 0 Å². The molecule has 0 unspecified atom stereocenters. The van der Waals surface area contributed by atoms with Crippen molar-refractivity contribution < 1.29 is 19.0 Å². The molecule has 1 saturated heterocycles. The van der Waals surface area contributed by atoms with Gasteiger partial charge in [0.2, 0.25) is 0 Å². The average molecular weight is 256 g/mol. The highest BCUT2D eigenvalue weighted by Crippen LogP contribution is 2.28. The van der Waals surface area contributed by atoms with Crippen LogP contribution in [0.1, 0.15) is 29.4 Å². The number of methoxy groups -OCH3 is 1. The van der Waals surface area contributed by atoms with Crippen molar-refractivity contribution in [1.29, 1.82) is 0 Å². The number of esters is 1. The highest BCUT2D eigenvalue weighted by molar-refractivity contribution is 7.12. The average Bonchev–Trinajstić information content (AvgIpc) is 2.95. The molecule has 5 heteroatoms. The van der Waals surface area contributed by atoms with E-state index < -0.39 is 0 Å². The minimum Gasteiger partial charge on any atom is -0.495 e. The normalized spacial score (nSPS) is 23.6. The molecule has 0 N–H and O–H groups in total. The van der Waals surface area contributed by atoms with Gasteiger partial charge in [-0.15, -0.1) is 11.3 Å². The number of carbonyl (C=O) groups is 1. The summed E-state index contributed by atoms with van der Waals surface area (Å²) >= 11 is 1.32. The van der Waals surface area contributed by atoms with Gasteiger partial charge in [-0.1, -0.05) is 0 Å². The Morgan fingerprint density at radius 3 is 3.12 bits per heavy atom. The molecule has 1 aromatic rings. The topological polar surface area (TPSA) is 44.8 Å². The fraction of sp³-hybridized carbons (Fsp3) is 0.583.